The van der Waals surface area contributed by atoms with Crippen molar-refractivity contribution in [1.29, 1.82) is 0 Å². The van der Waals surface area contributed by atoms with Crippen molar-refractivity contribution >= 4 is 17.4 Å². The molecule has 2 heterocycles. The van der Waals surface area contributed by atoms with E-state index < -0.39 is 0 Å². The van der Waals surface area contributed by atoms with E-state index in [2.05, 4.69) is 10.3 Å². The van der Waals surface area contributed by atoms with Crippen molar-refractivity contribution in [1.82, 2.24) is 15.2 Å². The van der Waals surface area contributed by atoms with Gasteiger partial charge in [-0.2, -0.15) is 0 Å². The Morgan fingerprint density at radius 2 is 2.43 bits per heavy atom. The molecule has 0 bridgehead atoms. The second kappa shape index (κ2) is 6.32. The average Bonchev–Trinajstić information content (AvgIpc) is 3.06. The molecule has 1 aromatic heterocycles. The van der Waals surface area contributed by atoms with Crippen LogP contribution in [0.15, 0.2) is 11.6 Å². The molecule has 0 radical (unpaired) electrons. The maximum absolute atomic E-state index is 12.5. The van der Waals surface area contributed by atoms with Gasteiger partial charge in [-0.05, 0) is 32.1 Å². The molecule has 5 nitrogen and oxygen atoms in total. The van der Waals surface area contributed by atoms with Crippen LogP contribution in [0.4, 0.5) is 4.79 Å². The fourth-order valence-electron chi connectivity index (χ4n) is 3.05. The fraction of sp³-hybridized carbons (Fsp3) is 0.733. The number of nitrogens with one attached hydrogen (secondary N) is 1. The molecular formula is C15H23N3O2S. The van der Waals surface area contributed by atoms with E-state index in [1.165, 1.54) is 6.42 Å². The third-order valence-corrected chi connectivity index (χ3v) is 5.40. The van der Waals surface area contributed by atoms with E-state index in [9.17, 15) is 4.79 Å². The van der Waals surface area contributed by atoms with E-state index in [1.54, 1.807) is 18.4 Å². The van der Waals surface area contributed by atoms with Crippen molar-refractivity contribution in [2.75, 3.05) is 26.8 Å². The van der Waals surface area contributed by atoms with Crippen LogP contribution in [0.2, 0.25) is 0 Å². The molecule has 0 spiro atoms. The summed E-state index contributed by atoms with van der Waals surface area (Å²) in [6.45, 7) is 2.29. The summed E-state index contributed by atoms with van der Waals surface area (Å²) in [5.41, 5.74) is 0.191. The van der Waals surface area contributed by atoms with Crippen molar-refractivity contribution in [2.45, 2.75) is 38.1 Å². The number of thiazole rings is 1. The van der Waals surface area contributed by atoms with Crippen molar-refractivity contribution < 1.29 is 9.53 Å². The molecule has 1 N–H and O–H groups in total. The minimum absolute atomic E-state index is 0.0530. The Morgan fingerprint density at radius 3 is 3.10 bits per heavy atom. The Hall–Kier alpha value is -1.14. The Morgan fingerprint density at radius 1 is 1.57 bits per heavy atom. The quantitative estimate of drug-likeness (QED) is 0.910. The monoisotopic (exact) mass is 309 g/mol. The van der Waals surface area contributed by atoms with Crippen molar-refractivity contribution in [3.63, 3.8) is 0 Å². The van der Waals surface area contributed by atoms with Crippen LogP contribution in [0.25, 0.3) is 0 Å². The Labute approximate surface area is 129 Å². The molecule has 0 unspecified atom stereocenters. The van der Waals surface area contributed by atoms with Crippen LogP contribution >= 0.6 is 11.3 Å². The van der Waals surface area contributed by atoms with Gasteiger partial charge in [0.1, 0.15) is 5.01 Å². The number of hydrogen-bond donors (Lipinski definition) is 1. The van der Waals surface area contributed by atoms with Crippen LogP contribution in [-0.2, 0) is 4.74 Å². The number of rotatable bonds is 5. The standard InChI is InChI=1S/C15H23N3O2S/c1-20-11-15(5-6-15)10-17-14(19)18-8-3-2-4-12(18)13-16-7-9-21-13/h7,9,12H,2-6,8,10-11H2,1H3,(H,17,19)/t12-/m1/s1. The molecular weight excluding hydrogens is 286 g/mol. The SMILES string of the molecule is COCC1(CNC(=O)N2CCCC[C@@H]2c2nccs2)CC1. The zero-order valence-corrected chi connectivity index (χ0v) is 13.3. The number of urea groups is 1. The highest BCUT2D eigenvalue weighted by Crippen LogP contribution is 2.45. The lowest BCUT2D eigenvalue weighted by Gasteiger charge is -2.35. The van der Waals surface area contributed by atoms with Gasteiger partial charge < -0.3 is 15.0 Å². The van der Waals surface area contributed by atoms with Crippen molar-refractivity contribution in [3.05, 3.63) is 16.6 Å². The molecule has 6 heteroatoms. The number of likely N-dealkylation sites (tertiary alicyclic amines) is 1. The minimum Gasteiger partial charge on any atom is -0.384 e. The summed E-state index contributed by atoms with van der Waals surface area (Å²) >= 11 is 1.64. The topological polar surface area (TPSA) is 54.5 Å². The molecule has 2 aliphatic rings. The number of aromatic nitrogens is 1. The van der Waals surface area contributed by atoms with Gasteiger partial charge in [-0.25, -0.2) is 9.78 Å². The largest absolute Gasteiger partial charge is 0.384 e. The number of nitrogens with zero attached hydrogens (tertiary/aromatic N) is 2. The predicted octanol–water partition coefficient (Wildman–Crippen LogP) is 2.81. The van der Waals surface area contributed by atoms with E-state index in [0.717, 1.165) is 50.4 Å². The van der Waals surface area contributed by atoms with Gasteiger partial charge in [0.05, 0.1) is 12.6 Å². The van der Waals surface area contributed by atoms with E-state index in [1.807, 2.05) is 16.5 Å². The fourth-order valence-corrected chi connectivity index (χ4v) is 3.84. The summed E-state index contributed by atoms with van der Waals surface area (Å²) < 4.78 is 5.25. The van der Waals surface area contributed by atoms with Gasteiger partial charge in [0.2, 0.25) is 0 Å². The number of carbonyl (C=O) groups excluding carboxylic acids is 1. The summed E-state index contributed by atoms with van der Waals surface area (Å²) in [7, 11) is 1.73. The third kappa shape index (κ3) is 3.37. The molecule has 1 aliphatic carbocycles. The Kier molecular flexibility index (Phi) is 4.45. The smallest absolute Gasteiger partial charge is 0.318 e. The van der Waals surface area contributed by atoms with E-state index in [4.69, 9.17) is 4.74 Å². The van der Waals surface area contributed by atoms with E-state index >= 15 is 0 Å². The molecule has 1 aromatic rings. The van der Waals surface area contributed by atoms with Crippen molar-refractivity contribution in [3.8, 4) is 0 Å². The number of piperidine rings is 1. The van der Waals surface area contributed by atoms with Gasteiger partial charge in [-0.3, -0.25) is 0 Å². The van der Waals surface area contributed by atoms with Crippen LogP contribution < -0.4 is 5.32 Å². The highest BCUT2D eigenvalue weighted by molar-refractivity contribution is 7.09. The van der Waals surface area contributed by atoms with Gasteiger partial charge >= 0.3 is 6.03 Å². The maximum atomic E-state index is 12.5. The summed E-state index contributed by atoms with van der Waals surface area (Å²) in [4.78, 5) is 18.9. The number of ether oxygens (including phenoxy) is 1. The maximum Gasteiger partial charge on any atom is 0.318 e. The predicted molar refractivity (Wildman–Crippen MR) is 82.4 cm³/mol. The highest BCUT2D eigenvalue weighted by Gasteiger charge is 2.43. The lowest BCUT2D eigenvalue weighted by molar-refractivity contribution is 0.129. The zero-order valence-electron chi connectivity index (χ0n) is 12.5. The first kappa shape index (κ1) is 14.8. The normalized spacial score (nSPS) is 23.9. The lowest BCUT2D eigenvalue weighted by Crippen LogP contribution is -2.46. The highest BCUT2D eigenvalue weighted by atomic mass is 32.1. The zero-order chi connectivity index (χ0) is 14.7. The number of methoxy groups -OCH3 is 1. The molecule has 3 rings (SSSR count). The van der Waals surface area contributed by atoms with E-state index in [-0.39, 0.29) is 17.5 Å². The van der Waals surface area contributed by atoms with Gasteiger partial charge in [0.15, 0.2) is 0 Å². The van der Waals surface area contributed by atoms with Gasteiger partial charge in [0, 0.05) is 37.2 Å². The van der Waals surface area contributed by atoms with Gasteiger partial charge in [0.25, 0.3) is 0 Å². The molecule has 1 saturated carbocycles. The van der Waals surface area contributed by atoms with E-state index in [0.29, 0.717) is 0 Å². The molecule has 2 amide bonds. The average molecular weight is 309 g/mol. The Balaban J connectivity index is 1.59. The summed E-state index contributed by atoms with van der Waals surface area (Å²) in [5, 5.41) is 6.16. The summed E-state index contributed by atoms with van der Waals surface area (Å²) in [6.07, 6.45) is 7.39. The Bertz CT molecular complexity index is 473. The summed E-state index contributed by atoms with van der Waals surface area (Å²) in [6, 6.07) is 0.202. The molecule has 2 fully saturated rings. The second-order valence-electron chi connectivity index (χ2n) is 6.17. The molecule has 116 valence electrons. The van der Waals surface area contributed by atoms with Crippen LogP contribution in [-0.4, -0.2) is 42.7 Å². The lowest BCUT2D eigenvalue weighted by atomic mass is 10.0. The minimum atomic E-state index is 0.0530. The van der Waals surface area contributed by atoms with Gasteiger partial charge in [-0.1, -0.05) is 0 Å². The first-order valence-corrected chi connectivity index (χ1v) is 8.55. The summed E-state index contributed by atoms with van der Waals surface area (Å²) in [5.74, 6) is 0. The number of amides is 2. The first-order valence-electron chi connectivity index (χ1n) is 7.67. The number of hydrogen-bond acceptors (Lipinski definition) is 4. The van der Waals surface area contributed by atoms with Crippen LogP contribution in [0.1, 0.15) is 43.2 Å². The van der Waals surface area contributed by atoms with Crippen molar-refractivity contribution in [2.24, 2.45) is 5.41 Å². The third-order valence-electron chi connectivity index (χ3n) is 4.52. The second-order valence-corrected chi connectivity index (χ2v) is 7.09. The molecule has 21 heavy (non-hydrogen) atoms. The molecule has 1 aliphatic heterocycles. The molecule has 1 saturated heterocycles. The number of carbonyl (C=O) groups is 1. The molecule has 0 aromatic carbocycles. The van der Waals surface area contributed by atoms with Crippen LogP contribution in [0.3, 0.4) is 0 Å². The first-order chi connectivity index (χ1) is 10.2. The molecule has 1 atom stereocenters. The van der Waals surface area contributed by atoms with Crippen LogP contribution in [0.5, 0.6) is 0 Å². The van der Waals surface area contributed by atoms with Crippen LogP contribution in [0, 0.1) is 5.41 Å². The van der Waals surface area contributed by atoms with Gasteiger partial charge in [-0.15, -0.1) is 11.3 Å².